The Morgan fingerprint density at radius 2 is 2.12 bits per heavy atom. The molecular formula is C17H28N6O. The Bertz CT molecular complexity index is 574. The van der Waals surface area contributed by atoms with Crippen molar-refractivity contribution in [2.24, 2.45) is 5.73 Å². The number of nitrogens with zero attached hydrogens (tertiary/aromatic N) is 3. The van der Waals surface area contributed by atoms with Crippen molar-refractivity contribution in [1.82, 2.24) is 15.3 Å². The van der Waals surface area contributed by atoms with Gasteiger partial charge in [-0.2, -0.15) is 4.98 Å². The first-order chi connectivity index (χ1) is 11.8. The van der Waals surface area contributed by atoms with Gasteiger partial charge in [0, 0.05) is 37.7 Å². The molecule has 24 heavy (non-hydrogen) atoms. The second kappa shape index (κ2) is 7.21. The van der Waals surface area contributed by atoms with Gasteiger partial charge in [0.1, 0.15) is 5.82 Å². The molecule has 0 radical (unpaired) electrons. The number of anilines is 2. The summed E-state index contributed by atoms with van der Waals surface area (Å²) in [6.45, 7) is 5.16. The maximum atomic E-state index is 5.85. The molecule has 7 heteroatoms. The van der Waals surface area contributed by atoms with Gasteiger partial charge in [-0.15, -0.1) is 0 Å². The van der Waals surface area contributed by atoms with Crippen molar-refractivity contribution >= 4 is 11.8 Å². The zero-order valence-corrected chi connectivity index (χ0v) is 14.3. The molecule has 7 nitrogen and oxygen atoms in total. The van der Waals surface area contributed by atoms with Crippen LogP contribution in [0.5, 0.6) is 0 Å². The summed E-state index contributed by atoms with van der Waals surface area (Å²) < 4.78 is 5.85. The van der Waals surface area contributed by atoms with Crippen LogP contribution >= 0.6 is 0 Å². The van der Waals surface area contributed by atoms with E-state index in [-0.39, 0.29) is 6.10 Å². The van der Waals surface area contributed by atoms with E-state index >= 15 is 0 Å². The minimum Gasteiger partial charge on any atom is -0.374 e. The Hall–Kier alpha value is -1.44. The molecule has 1 aromatic rings. The first-order valence-corrected chi connectivity index (χ1v) is 9.27. The lowest BCUT2D eigenvalue weighted by atomic mass is 10.1. The van der Waals surface area contributed by atoms with E-state index in [9.17, 15) is 0 Å². The number of aromatic nitrogens is 2. The molecule has 2 fully saturated rings. The fourth-order valence-electron chi connectivity index (χ4n) is 3.53. The summed E-state index contributed by atoms with van der Waals surface area (Å²) in [6, 6.07) is 0.564. The predicted octanol–water partition coefficient (Wildman–Crippen LogP) is 0.293. The van der Waals surface area contributed by atoms with Gasteiger partial charge in [-0.25, -0.2) is 4.98 Å². The molecule has 0 amide bonds. The number of fused-ring (bicyclic) bond motifs is 1. The van der Waals surface area contributed by atoms with Crippen LogP contribution in [0.4, 0.5) is 11.8 Å². The number of ether oxygens (including phenoxy) is 1. The number of morpholine rings is 1. The summed E-state index contributed by atoms with van der Waals surface area (Å²) in [5, 5.41) is 6.96. The molecule has 4 N–H and O–H groups in total. The molecule has 1 saturated heterocycles. The fraction of sp³-hybridized carbons (Fsp3) is 0.765. The number of nitrogens with one attached hydrogen (secondary N) is 2. The monoisotopic (exact) mass is 332 g/mol. The van der Waals surface area contributed by atoms with Gasteiger partial charge < -0.3 is 26.0 Å². The van der Waals surface area contributed by atoms with Crippen molar-refractivity contribution in [2.45, 2.75) is 44.2 Å². The average molecular weight is 332 g/mol. The molecule has 1 atom stereocenters. The second-order valence-electron chi connectivity index (χ2n) is 6.98. The van der Waals surface area contributed by atoms with Crippen LogP contribution in [-0.2, 0) is 17.6 Å². The van der Waals surface area contributed by atoms with E-state index in [0.717, 1.165) is 63.8 Å². The zero-order chi connectivity index (χ0) is 16.4. The molecule has 3 heterocycles. The zero-order valence-electron chi connectivity index (χ0n) is 14.3. The van der Waals surface area contributed by atoms with E-state index in [1.54, 1.807) is 0 Å². The summed E-state index contributed by atoms with van der Waals surface area (Å²) in [5.74, 6) is 1.91. The topological polar surface area (TPSA) is 88.3 Å². The highest BCUT2D eigenvalue weighted by Crippen LogP contribution is 2.29. The third-order valence-corrected chi connectivity index (χ3v) is 5.00. The van der Waals surface area contributed by atoms with Crippen LogP contribution in [0, 0.1) is 0 Å². The lowest BCUT2D eigenvalue weighted by Crippen LogP contribution is -2.44. The summed E-state index contributed by atoms with van der Waals surface area (Å²) >= 11 is 0. The highest BCUT2D eigenvalue weighted by Gasteiger charge is 2.28. The maximum Gasteiger partial charge on any atom is 0.225 e. The number of nitrogens with two attached hydrogens (primary N) is 1. The average Bonchev–Trinajstić information content (AvgIpc) is 3.41. The smallest absolute Gasteiger partial charge is 0.225 e. The van der Waals surface area contributed by atoms with E-state index in [4.69, 9.17) is 20.4 Å². The van der Waals surface area contributed by atoms with Gasteiger partial charge in [-0.1, -0.05) is 0 Å². The van der Waals surface area contributed by atoms with Gasteiger partial charge in [0.25, 0.3) is 0 Å². The van der Waals surface area contributed by atoms with E-state index in [1.807, 2.05) is 0 Å². The molecule has 132 valence electrons. The van der Waals surface area contributed by atoms with E-state index in [2.05, 4.69) is 15.5 Å². The molecule has 1 saturated carbocycles. The first-order valence-electron chi connectivity index (χ1n) is 9.27. The highest BCUT2D eigenvalue weighted by atomic mass is 16.5. The SMILES string of the molecule is NCCC1CN(c2nc(NC3CC3)nc3c2CCNCC3)CCO1. The molecular weight excluding hydrogens is 304 g/mol. The van der Waals surface area contributed by atoms with Crippen LogP contribution in [-0.4, -0.2) is 61.4 Å². The molecule has 1 aromatic heterocycles. The van der Waals surface area contributed by atoms with Crippen molar-refractivity contribution < 1.29 is 4.74 Å². The lowest BCUT2D eigenvalue weighted by Gasteiger charge is -2.35. The van der Waals surface area contributed by atoms with Crippen molar-refractivity contribution in [3.63, 3.8) is 0 Å². The molecule has 0 spiro atoms. The standard InChI is InChI=1S/C17H28N6O/c18-6-3-13-11-23(9-10-24-13)16-14-4-7-19-8-5-15(14)21-17(22-16)20-12-1-2-12/h12-13,19H,1-11,18H2,(H,20,21,22). The van der Waals surface area contributed by atoms with Crippen molar-refractivity contribution in [1.29, 1.82) is 0 Å². The van der Waals surface area contributed by atoms with Crippen molar-refractivity contribution in [3.8, 4) is 0 Å². The Morgan fingerprint density at radius 3 is 2.96 bits per heavy atom. The van der Waals surface area contributed by atoms with Gasteiger partial charge in [0.2, 0.25) is 5.95 Å². The molecule has 3 aliphatic rings. The summed E-state index contributed by atoms with van der Waals surface area (Å²) in [4.78, 5) is 12.1. The molecule has 1 unspecified atom stereocenters. The van der Waals surface area contributed by atoms with Crippen molar-refractivity contribution in [2.75, 3.05) is 49.5 Å². The second-order valence-corrected chi connectivity index (χ2v) is 6.98. The number of rotatable bonds is 5. The van der Waals surface area contributed by atoms with E-state index in [0.29, 0.717) is 12.6 Å². The molecule has 0 aromatic carbocycles. The third kappa shape index (κ3) is 3.63. The molecule has 4 rings (SSSR count). The van der Waals surface area contributed by atoms with Gasteiger partial charge in [0.15, 0.2) is 0 Å². The lowest BCUT2D eigenvalue weighted by molar-refractivity contribution is 0.0365. The van der Waals surface area contributed by atoms with Gasteiger partial charge in [0.05, 0.1) is 18.4 Å². The van der Waals surface area contributed by atoms with Crippen molar-refractivity contribution in [3.05, 3.63) is 11.3 Å². The fourth-order valence-corrected chi connectivity index (χ4v) is 3.53. The van der Waals surface area contributed by atoms with Crippen LogP contribution in [0.2, 0.25) is 0 Å². The quantitative estimate of drug-likeness (QED) is 0.714. The molecule has 0 bridgehead atoms. The van der Waals surface area contributed by atoms with Gasteiger partial charge in [-0.05, 0) is 38.8 Å². The van der Waals surface area contributed by atoms with Crippen LogP contribution in [0.1, 0.15) is 30.5 Å². The minimum absolute atomic E-state index is 0.207. The normalized spacial score (nSPS) is 24.4. The van der Waals surface area contributed by atoms with Gasteiger partial charge in [-0.3, -0.25) is 0 Å². The minimum atomic E-state index is 0.207. The van der Waals surface area contributed by atoms with Crippen LogP contribution in [0.3, 0.4) is 0 Å². The van der Waals surface area contributed by atoms with E-state index in [1.165, 1.54) is 24.1 Å². The Labute approximate surface area is 143 Å². The Morgan fingerprint density at radius 1 is 1.25 bits per heavy atom. The summed E-state index contributed by atoms with van der Waals surface area (Å²) in [5.41, 5.74) is 8.24. The molecule has 1 aliphatic carbocycles. The van der Waals surface area contributed by atoms with Gasteiger partial charge >= 0.3 is 0 Å². The number of hydrogen-bond donors (Lipinski definition) is 3. The Balaban J connectivity index is 1.63. The highest BCUT2D eigenvalue weighted by molar-refractivity contribution is 5.54. The summed E-state index contributed by atoms with van der Waals surface area (Å²) in [6.07, 6.45) is 5.53. The number of hydrogen-bond acceptors (Lipinski definition) is 7. The summed E-state index contributed by atoms with van der Waals surface area (Å²) in [7, 11) is 0. The van der Waals surface area contributed by atoms with Crippen LogP contribution < -0.4 is 21.3 Å². The van der Waals surface area contributed by atoms with Crippen LogP contribution in [0.15, 0.2) is 0 Å². The van der Waals surface area contributed by atoms with E-state index < -0.39 is 0 Å². The largest absolute Gasteiger partial charge is 0.374 e. The van der Waals surface area contributed by atoms with Crippen LogP contribution in [0.25, 0.3) is 0 Å². The maximum absolute atomic E-state index is 5.85. The first kappa shape index (κ1) is 16.1. The third-order valence-electron chi connectivity index (χ3n) is 5.00. The molecule has 2 aliphatic heterocycles. The Kier molecular flexibility index (Phi) is 4.82. The predicted molar refractivity (Wildman–Crippen MR) is 94.6 cm³/mol.